The van der Waals surface area contributed by atoms with Gasteiger partial charge in [0.1, 0.15) is 6.67 Å². The van der Waals surface area contributed by atoms with Crippen LogP contribution in [0.2, 0.25) is 0 Å². The van der Waals surface area contributed by atoms with Gasteiger partial charge < -0.3 is 4.74 Å². The lowest BCUT2D eigenvalue weighted by Crippen LogP contribution is -2.23. The Morgan fingerprint density at radius 2 is 2.31 bits per heavy atom. The second kappa shape index (κ2) is 5.07. The van der Waals surface area contributed by atoms with Gasteiger partial charge in [-0.15, -0.1) is 0 Å². The lowest BCUT2D eigenvalue weighted by atomic mass is 10.2. The normalized spacial score (nSPS) is 9.56. The lowest BCUT2D eigenvalue weighted by molar-refractivity contribution is 0.0523. The second-order valence-electron chi connectivity index (χ2n) is 2.82. The van der Waals surface area contributed by atoms with Gasteiger partial charge in [-0.2, -0.15) is 5.26 Å². The maximum Gasteiger partial charge on any atom is 0.340 e. The van der Waals surface area contributed by atoms with Crippen LogP contribution in [-0.4, -0.2) is 17.1 Å². The molecule has 0 aliphatic heterocycles. The van der Waals surface area contributed by atoms with Gasteiger partial charge in [0.05, 0.1) is 17.9 Å². The molecule has 1 aromatic rings. The number of hydrogen-bond donors (Lipinski definition) is 0. The number of pyridine rings is 1. The van der Waals surface area contributed by atoms with Gasteiger partial charge in [0.25, 0.3) is 5.56 Å². The number of alkyl halides is 1. The van der Waals surface area contributed by atoms with Crippen molar-refractivity contribution in [2.45, 2.75) is 13.6 Å². The molecule has 0 unspecified atom stereocenters. The molecule has 0 aliphatic carbocycles. The van der Waals surface area contributed by atoms with Crippen LogP contribution in [0.5, 0.6) is 0 Å². The molecule has 1 aromatic heterocycles. The van der Waals surface area contributed by atoms with E-state index in [9.17, 15) is 14.0 Å². The quantitative estimate of drug-likeness (QED) is 0.712. The predicted molar refractivity (Wildman–Crippen MR) is 52.5 cm³/mol. The van der Waals surface area contributed by atoms with Gasteiger partial charge in [-0.1, -0.05) is 0 Å². The Kier molecular flexibility index (Phi) is 3.78. The van der Waals surface area contributed by atoms with Crippen molar-refractivity contribution < 1.29 is 13.9 Å². The fourth-order valence-corrected chi connectivity index (χ4v) is 1.21. The highest BCUT2D eigenvalue weighted by Crippen LogP contribution is 2.09. The third-order valence-electron chi connectivity index (χ3n) is 1.92. The molecular weight excluding hydrogens is 215 g/mol. The Morgan fingerprint density at radius 1 is 1.62 bits per heavy atom. The van der Waals surface area contributed by atoms with E-state index in [4.69, 9.17) is 5.26 Å². The van der Waals surface area contributed by atoms with Crippen molar-refractivity contribution in [3.8, 4) is 6.19 Å². The summed E-state index contributed by atoms with van der Waals surface area (Å²) in [5, 5.41) is 8.66. The molecule has 0 amide bonds. The third-order valence-corrected chi connectivity index (χ3v) is 1.92. The number of aromatic nitrogens is 1. The Balaban J connectivity index is 3.37. The maximum atomic E-state index is 12.7. The number of carbonyl (C=O) groups is 1. The van der Waals surface area contributed by atoms with E-state index in [0.717, 1.165) is 12.1 Å². The highest BCUT2D eigenvalue weighted by atomic mass is 19.1. The van der Waals surface area contributed by atoms with Gasteiger partial charge in [0.15, 0.2) is 6.19 Å². The van der Waals surface area contributed by atoms with E-state index in [-0.39, 0.29) is 17.9 Å². The van der Waals surface area contributed by atoms with Crippen LogP contribution in [0.4, 0.5) is 4.39 Å². The minimum Gasteiger partial charge on any atom is -0.462 e. The molecule has 0 N–H and O–H groups in total. The molecular formula is C10H9FN2O3. The number of nitriles is 1. The monoisotopic (exact) mass is 224 g/mol. The van der Waals surface area contributed by atoms with Gasteiger partial charge in [0, 0.05) is 6.07 Å². The Labute approximate surface area is 90.7 Å². The van der Waals surface area contributed by atoms with E-state index >= 15 is 0 Å². The summed E-state index contributed by atoms with van der Waals surface area (Å²) in [7, 11) is 0. The van der Waals surface area contributed by atoms with Gasteiger partial charge in [-0.25, -0.2) is 13.8 Å². The number of nitrogens with zero attached hydrogens (tertiary/aromatic N) is 2. The average molecular weight is 224 g/mol. The van der Waals surface area contributed by atoms with Crippen molar-refractivity contribution in [3.63, 3.8) is 0 Å². The van der Waals surface area contributed by atoms with E-state index in [2.05, 4.69) is 4.74 Å². The molecule has 0 atom stereocenters. The van der Waals surface area contributed by atoms with Crippen molar-refractivity contribution in [1.82, 2.24) is 4.57 Å². The molecule has 16 heavy (non-hydrogen) atoms. The Bertz CT molecular complexity index is 502. The third kappa shape index (κ3) is 2.08. The van der Waals surface area contributed by atoms with Crippen molar-refractivity contribution in [1.29, 1.82) is 5.26 Å². The van der Waals surface area contributed by atoms with Crippen LogP contribution in [0.1, 0.15) is 23.0 Å². The molecule has 84 valence electrons. The molecule has 0 aliphatic rings. The van der Waals surface area contributed by atoms with Crippen LogP contribution in [0.3, 0.4) is 0 Å². The molecule has 5 nitrogen and oxygen atoms in total. The molecule has 6 heteroatoms. The minimum atomic E-state index is -1.09. The number of halogens is 1. The van der Waals surface area contributed by atoms with E-state index in [0.29, 0.717) is 4.57 Å². The number of ether oxygens (including phenoxy) is 1. The van der Waals surface area contributed by atoms with Crippen LogP contribution in [-0.2, 0) is 11.4 Å². The summed E-state index contributed by atoms with van der Waals surface area (Å²) in [5.41, 5.74) is -1.07. The molecule has 1 rings (SSSR count). The summed E-state index contributed by atoms with van der Waals surface area (Å²) in [6.45, 7) is 0.654. The minimum absolute atomic E-state index is 0.106. The van der Waals surface area contributed by atoms with Crippen molar-refractivity contribution in [3.05, 3.63) is 33.7 Å². The van der Waals surface area contributed by atoms with E-state index in [1.165, 1.54) is 6.19 Å². The molecule has 0 saturated heterocycles. The van der Waals surface area contributed by atoms with Crippen LogP contribution < -0.4 is 5.56 Å². The smallest absolute Gasteiger partial charge is 0.340 e. The Morgan fingerprint density at radius 3 is 2.81 bits per heavy atom. The lowest BCUT2D eigenvalue weighted by Gasteiger charge is -2.07. The van der Waals surface area contributed by atoms with Gasteiger partial charge in [0.2, 0.25) is 0 Å². The van der Waals surface area contributed by atoms with Crippen molar-refractivity contribution >= 4 is 5.97 Å². The maximum absolute atomic E-state index is 12.7. The number of hydrogen-bond acceptors (Lipinski definition) is 4. The number of esters is 1. The number of rotatable bonds is 3. The zero-order valence-corrected chi connectivity index (χ0v) is 8.57. The van der Waals surface area contributed by atoms with Crippen molar-refractivity contribution in [2.75, 3.05) is 6.61 Å². The summed E-state index contributed by atoms with van der Waals surface area (Å²) in [5.74, 6) is -0.751. The van der Waals surface area contributed by atoms with E-state index < -0.39 is 18.2 Å². The zero-order chi connectivity index (χ0) is 12.1. The fourth-order valence-electron chi connectivity index (χ4n) is 1.21. The zero-order valence-electron chi connectivity index (χ0n) is 8.57. The summed E-state index contributed by atoms with van der Waals surface area (Å²) in [6, 6.07) is 2.18. The first-order valence-electron chi connectivity index (χ1n) is 4.53. The molecule has 0 saturated carbocycles. The first-order chi connectivity index (χ1) is 7.65. The second-order valence-corrected chi connectivity index (χ2v) is 2.82. The highest BCUT2D eigenvalue weighted by Gasteiger charge is 2.16. The topological polar surface area (TPSA) is 72.1 Å². The summed E-state index contributed by atoms with van der Waals surface area (Å²) in [6.07, 6.45) is 1.51. The van der Waals surface area contributed by atoms with Crippen LogP contribution in [0, 0.1) is 11.5 Å². The first kappa shape index (κ1) is 11.9. The molecule has 0 radical (unpaired) electrons. The largest absolute Gasteiger partial charge is 0.462 e. The van der Waals surface area contributed by atoms with Gasteiger partial charge >= 0.3 is 5.97 Å². The molecule has 0 bridgehead atoms. The molecule has 1 heterocycles. The highest BCUT2D eigenvalue weighted by molar-refractivity contribution is 5.90. The van der Waals surface area contributed by atoms with E-state index in [1.54, 1.807) is 6.92 Å². The molecule has 0 fully saturated rings. The van der Waals surface area contributed by atoms with Crippen LogP contribution in [0.15, 0.2) is 16.9 Å². The van der Waals surface area contributed by atoms with Crippen LogP contribution >= 0.6 is 0 Å². The summed E-state index contributed by atoms with van der Waals surface area (Å²) in [4.78, 5) is 22.6. The first-order valence-corrected chi connectivity index (χ1v) is 4.53. The van der Waals surface area contributed by atoms with Crippen molar-refractivity contribution in [2.24, 2.45) is 0 Å². The van der Waals surface area contributed by atoms with Gasteiger partial charge in [-0.05, 0) is 13.0 Å². The average Bonchev–Trinajstić information content (AvgIpc) is 2.28. The van der Waals surface area contributed by atoms with Crippen LogP contribution in [0.25, 0.3) is 0 Å². The molecule has 0 spiro atoms. The standard InChI is InChI=1S/C10H9FN2O3/c1-2-16-10(15)7-3-4-9(14)13(6-12)8(7)5-11/h3-4H,2,5H2,1H3. The SMILES string of the molecule is CCOC(=O)c1ccc(=O)n(C#N)c1CF. The fraction of sp³-hybridized carbons (Fsp3) is 0.300. The predicted octanol–water partition coefficient (Wildman–Crippen LogP) is 0.824. The summed E-state index contributed by atoms with van der Waals surface area (Å²) >= 11 is 0. The molecule has 0 aromatic carbocycles. The summed E-state index contributed by atoms with van der Waals surface area (Å²) < 4.78 is 17.9. The Hall–Kier alpha value is -2.16. The van der Waals surface area contributed by atoms with E-state index in [1.807, 2.05) is 0 Å². The van der Waals surface area contributed by atoms with Gasteiger partial charge in [-0.3, -0.25) is 4.79 Å². The number of carbonyl (C=O) groups excluding carboxylic acids is 1.